The Morgan fingerprint density at radius 1 is 1.48 bits per heavy atom. The Bertz CT molecular complexity index is 717. The summed E-state index contributed by atoms with van der Waals surface area (Å²) in [5.41, 5.74) is 2.20. The number of thiophene rings is 1. The zero-order chi connectivity index (χ0) is 16.4. The van der Waals surface area contributed by atoms with Gasteiger partial charge in [0.1, 0.15) is 12.2 Å². The van der Waals surface area contributed by atoms with E-state index < -0.39 is 5.97 Å². The van der Waals surface area contributed by atoms with Gasteiger partial charge in [-0.3, -0.25) is 0 Å². The summed E-state index contributed by atoms with van der Waals surface area (Å²) in [6, 6.07) is 3.85. The van der Waals surface area contributed by atoms with Crippen molar-refractivity contribution in [1.82, 2.24) is 0 Å². The highest BCUT2D eigenvalue weighted by Gasteiger charge is 2.30. The maximum absolute atomic E-state index is 12.2. The average Bonchev–Trinajstić information content (AvgIpc) is 3.06. The normalized spacial score (nSPS) is 13.3. The molecule has 0 bridgehead atoms. The lowest BCUT2D eigenvalue weighted by molar-refractivity contribution is 0.0591. The molecule has 2 aromatic rings. The van der Waals surface area contributed by atoms with Gasteiger partial charge in [-0.2, -0.15) is 11.3 Å². The van der Waals surface area contributed by atoms with Gasteiger partial charge in [0.05, 0.1) is 31.5 Å². The lowest BCUT2D eigenvalue weighted by atomic mass is 10.1. The molecule has 0 amide bonds. The van der Waals surface area contributed by atoms with Gasteiger partial charge in [0, 0.05) is 6.54 Å². The van der Waals surface area contributed by atoms with Crippen LogP contribution in [-0.2, 0) is 11.3 Å². The van der Waals surface area contributed by atoms with Crippen molar-refractivity contribution < 1.29 is 19.0 Å². The van der Waals surface area contributed by atoms with Crippen LogP contribution >= 0.6 is 22.9 Å². The molecule has 0 N–H and O–H groups in total. The first-order chi connectivity index (χ1) is 11.2. The summed E-state index contributed by atoms with van der Waals surface area (Å²) in [7, 11) is 2.78. The maximum Gasteiger partial charge on any atom is 0.345 e. The molecule has 1 aromatic heterocycles. The highest BCUT2D eigenvalue weighted by molar-refractivity contribution is 7.07. The molecule has 0 spiro atoms. The largest absolute Gasteiger partial charge is 0.494 e. The Kier molecular flexibility index (Phi) is 4.63. The second kappa shape index (κ2) is 6.68. The molecule has 1 aliphatic rings. The van der Waals surface area contributed by atoms with Crippen molar-refractivity contribution in [2.24, 2.45) is 0 Å². The number of halogens is 1. The van der Waals surface area contributed by atoms with E-state index in [0.29, 0.717) is 23.9 Å². The molecule has 1 aromatic carbocycles. The standard InChI is InChI=1S/C16H16ClNO4S/c1-20-14-11(17)7-12-15(13(14)16(19)21-2)22-5-4-18(12)8-10-3-6-23-9-10/h3,6-7,9H,4-5,8H2,1-2H3. The van der Waals surface area contributed by atoms with Gasteiger partial charge in [0.25, 0.3) is 0 Å². The summed E-state index contributed by atoms with van der Waals surface area (Å²) in [6.45, 7) is 1.92. The molecule has 3 rings (SSSR count). The van der Waals surface area contributed by atoms with Gasteiger partial charge in [-0.05, 0) is 28.5 Å². The van der Waals surface area contributed by atoms with Crippen molar-refractivity contribution in [3.05, 3.63) is 39.0 Å². The summed E-state index contributed by atoms with van der Waals surface area (Å²) in [4.78, 5) is 14.3. The summed E-state index contributed by atoms with van der Waals surface area (Å²) >= 11 is 7.95. The van der Waals surface area contributed by atoms with Crippen LogP contribution < -0.4 is 14.4 Å². The van der Waals surface area contributed by atoms with Crippen molar-refractivity contribution >= 4 is 34.6 Å². The van der Waals surface area contributed by atoms with Crippen LogP contribution in [0.2, 0.25) is 5.02 Å². The van der Waals surface area contributed by atoms with E-state index >= 15 is 0 Å². The summed E-state index contributed by atoms with van der Waals surface area (Å²) in [6.07, 6.45) is 0. The minimum absolute atomic E-state index is 0.229. The number of carbonyl (C=O) groups is 1. The Hall–Kier alpha value is -1.92. The van der Waals surface area contributed by atoms with Crippen molar-refractivity contribution in [2.45, 2.75) is 6.54 Å². The van der Waals surface area contributed by atoms with E-state index in [1.54, 1.807) is 17.4 Å². The smallest absolute Gasteiger partial charge is 0.345 e. The number of benzene rings is 1. The van der Waals surface area contributed by atoms with Crippen LogP contribution in [0.5, 0.6) is 11.5 Å². The van der Waals surface area contributed by atoms with Gasteiger partial charge in [0.15, 0.2) is 11.5 Å². The number of fused-ring (bicyclic) bond motifs is 1. The van der Waals surface area contributed by atoms with Crippen LogP contribution in [0.3, 0.4) is 0 Å². The zero-order valence-corrected chi connectivity index (χ0v) is 14.4. The Morgan fingerprint density at radius 3 is 2.96 bits per heavy atom. The summed E-state index contributed by atoms with van der Waals surface area (Å²) < 4.78 is 15.9. The van der Waals surface area contributed by atoms with Gasteiger partial charge in [-0.25, -0.2) is 4.79 Å². The summed E-state index contributed by atoms with van der Waals surface area (Å²) in [5, 5.41) is 4.49. The van der Waals surface area contributed by atoms with Gasteiger partial charge in [0.2, 0.25) is 0 Å². The Labute approximate surface area is 143 Å². The molecule has 5 nitrogen and oxygen atoms in total. The first-order valence-electron chi connectivity index (χ1n) is 7.03. The predicted octanol–water partition coefficient (Wildman–Crippen LogP) is 3.60. The fourth-order valence-electron chi connectivity index (χ4n) is 2.62. The average molecular weight is 354 g/mol. The number of ether oxygens (including phenoxy) is 3. The van der Waals surface area contributed by atoms with Gasteiger partial charge >= 0.3 is 5.97 Å². The predicted molar refractivity (Wildman–Crippen MR) is 90.2 cm³/mol. The molecular weight excluding hydrogens is 338 g/mol. The molecule has 7 heteroatoms. The Morgan fingerprint density at radius 2 is 2.30 bits per heavy atom. The van der Waals surface area contributed by atoms with Crippen LogP contribution in [0.1, 0.15) is 15.9 Å². The lowest BCUT2D eigenvalue weighted by Gasteiger charge is -2.32. The lowest BCUT2D eigenvalue weighted by Crippen LogP contribution is -2.33. The van der Waals surface area contributed by atoms with E-state index in [4.69, 9.17) is 25.8 Å². The van der Waals surface area contributed by atoms with Crippen LogP contribution in [-0.4, -0.2) is 33.3 Å². The minimum atomic E-state index is -0.530. The zero-order valence-electron chi connectivity index (χ0n) is 12.8. The van der Waals surface area contributed by atoms with E-state index in [1.807, 2.05) is 5.38 Å². The van der Waals surface area contributed by atoms with Crippen LogP contribution in [0.15, 0.2) is 22.9 Å². The molecule has 2 heterocycles. The van der Waals surface area contributed by atoms with Gasteiger partial charge in [-0.15, -0.1) is 0 Å². The molecule has 0 aliphatic carbocycles. The molecule has 0 radical (unpaired) electrons. The van der Waals surface area contributed by atoms with Crippen LogP contribution in [0.25, 0.3) is 0 Å². The number of hydrogen-bond donors (Lipinski definition) is 0. The number of esters is 1. The first kappa shape index (κ1) is 16.0. The Balaban J connectivity index is 2.09. The van der Waals surface area contributed by atoms with E-state index in [9.17, 15) is 4.79 Å². The molecule has 0 atom stereocenters. The summed E-state index contributed by atoms with van der Waals surface area (Å²) in [5.74, 6) is 0.201. The molecule has 122 valence electrons. The molecule has 0 saturated carbocycles. The third-order valence-corrected chi connectivity index (χ3v) is 4.68. The van der Waals surface area contributed by atoms with Gasteiger partial charge < -0.3 is 19.1 Å². The fourth-order valence-corrected chi connectivity index (χ4v) is 3.55. The van der Waals surface area contributed by atoms with E-state index in [1.165, 1.54) is 19.8 Å². The highest BCUT2D eigenvalue weighted by Crippen LogP contribution is 2.45. The minimum Gasteiger partial charge on any atom is -0.494 e. The topological polar surface area (TPSA) is 48.0 Å². The number of anilines is 1. The van der Waals surface area contributed by atoms with Crippen molar-refractivity contribution in [2.75, 3.05) is 32.3 Å². The molecule has 0 unspecified atom stereocenters. The number of rotatable bonds is 4. The second-order valence-corrected chi connectivity index (χ2v) is 6.20. The first-order valence-corrected chi connectivity index (χ1v) is 8.35. The molecule has 0 fully saturated rings. The van der Waals surface area contributed by atoms with E-state index in [2.05, 4.69) is 16.3 Å². The molecule has 1 aliphatic heterocycles. The van der Waals surface area contributed by atoms with E-state index in [0.717, 1.165) is 12.2 Å². The van der Waals surface area contributed by atoms with Crippen LogP contribution in [0.4, 0.5) is 5.69 Å². The quantitative estimate of drug-likeness (QED) is 0.786. The van der Waals surface area contributed by atoms with Gasteiger partial charge in [-0.1, -0.05) is 11.6 Å². The number of nitrogens with zero attached hydrogens (tertiary/aromatic N) is 1. The third-order valence-electron chi connectivity index (χ3n) is 3.66. The van der Waals surface area contributed by atoms with Crippen molar-refractivity contribution in [3.63, 3.8) is 0 Å². The third kappa shape index (κ3) is 2.96. The number of carbonyl (C=O) groups excluding carboxylic acids is 1. The molecular formula is C16H16ClNO4S. The number of hydrogen-bond acceptors (Lipinski definition) is 6. The maximum atomic E-state index is 12.2. The monoisotopic (exact) mass is 353 g/mol. The van der Waals surface area contributed by atoms with Crippen molar-refractivity contribution in [3.8, 4) is 11.5 Å². The SMILES string of the molecule is COC(=O)c1c(OC)c(Cl)cc2c1OCCN2Cc1ccsc1. The second-order valence-electron chi connectivity index (χ2n) is 5.01. The highest BCUT2D eigenvalue weighted by atomic mass is 35.5. The molecule has 23 heavy (non-hydrogen) atoms. The molecule has 0 saturated heterocycles. The van der Waals surface area contributed by atoms with Crippen molar-refractivity contribution in [1.29, 1.82) is 0 Å². The fraction of sp³-hybridized carbons (Fsp3) is 0.312. The van der Waals surface area contributed by atoms with E-state index in [-0.39, 0.29) is 11.3 Å². The number of methoxy groups -OCH3 is 2. The van der Waals surface area contributed by atoms with Crippen LogP contribution in [0, 0.1) is 0 Å².